The lowest BCUT2D eigenvalue weighted by Gasteiger charge is -1.92. The van der Waals surface area contributed by atoms with Gasteiger partial charge in [-0.1, -0.05) is 0 Å². The standard InChI is InChI=1S/C8H7NO3/c10-7(8(11)12)5-6-1-3-9-4-2-6/h1-5,10H,(H,11,12)/b7-5-. The van der Waals surface area contributed by atoms with E-state index in [-0.39, 0.29) is 0 Å². The minimum absolute atomic E-state index is 0.602. The van der Waals surface area contributed by atoms with Gasteiger partial charge in [-0.3, -0.25) is 4.98 Å². The molecule has 4 nitrogen and oxygen atoms in total. The normalized spacial score (nSPS) is 11.2. The number of aliphatic carboxylic acids is 1. The molecule has 0 aromatic carbocycles. The van der Waals surface area contributed by atoms with Gasteiger partial charge in [0, 0.05) is 12.4 Å². The quantitative estimate of drug-likeness (QED) is 0.507. The predicted octanol–water partition coefficient (Wildman–Crippen LogP) is 1.07. The second-order valence-corrected chi connectivity index (χ2v) is 2.12. The summed E-state index contributed by atoms with van der Waals surface area (Å²) in [7, 11) is 0. The summed E-state index contributed by atoms with van der Waals surface area (Å²) in [4.78, 5) is 13.9. The molecule has 1 rings (SSSR count). The number of aliphatic hydroxyl groups excluding tert-OH is 1. The van der Waals surface area contributed by atoms with E-state index in [1.807, 2.05) is 0 Å². The molecule has 62 valence electrons. The molecule has 1 heterocycles. The van der Waals surface area contributed by atoms with Crippen LogP contribution in [-0.2, 0) is 4.79 Å². The number of nitrogens with zero attached hydrogens (tertiary/aromatic N) is 1. The summed E-state index contributed by atoms with van der Waals surface area (Å²) >= 11 is 0. The fourth-order valence-corrected chi connectivity index (χ4v) is 0.679. The van der Waals surface area contributed by atoms with Crippen LogP contribution < -0.4 is 0 Å². The summed E-state index contributed by atoms with van der Waals surface area (Å²) in [6.45, 7) is 0. The van der Waals surface area contributed by atoms with Crippen LogP contribution in [0.2, 0.25) is 0 Å². The maximum Gasteiger partial charge on any atom is 0.370 e. The van der Waals surface area contributed by atoms with E-state index >= 15 is 0 Å². The first-order chi connectivity index (χ1) is 5.70. The lowest BCUT2D eigenvalue weighted by Crippen LogP contribution is -1.98. The van der Waals surface area contributed by atoms with Gasteiger partial charge in [0.2, 0.25) is 5.76 Å². The first-order valence-electron chi connectivity index (χ1n) is 3.24. The summed E-state index contributed by atoms with van der Waals surface area (Å²) in [5.74, 6) is -2.02. The fraction of sp³-hybridized carbons (Fsp3) is 0. The molecule has 0 bridgehead atoms. The number of carbonyl (C=O) groups is 1. The molecule has 0 spiro atoms. The van der Waals surface area contributed by atoms with Crippen LogP contribution in [0.5, 0.6) is 0 Å². The molecule has 1 aromatic rings. The molecular formula is C8H7NO3. The van der Waals surface area contributed by atoms with Crippen molar-refractivity contribution in [1.29, 1.82) is 0 Å². The SMILES string of the molecule is O=C(O)/C(O)=C/c1ccncc1. The molecule has 4 heteroatoms. The van der Waals surface area contributed by atoms with E-state index in [2.05, 4.69) is 4.98 Å². The number of aromatic nitrogens is 1. The van der Waals surface area contributed by atoms with Gasteiger partial charge in [-0.25, -0.2) is 4.79 Å². The number of hydrogen-bond donors (Lipinski definition) is 2. The van der Waals surface area contributed by atoms with Crippen molar-refractivity contribution in [3.05, 3.63) is 35.8 Å². The van der Waals surface area contributed by atoms with Crippen LogP contribution in [0.15, 0.2) is 30.3 Å². The van der Waals surface area contributed by atoms with Gasteiger partial charge in [-0.05, 0) is 23.8 Å². The lowest BCUT2D eigenvalue weighted by atomic mass is 10.2. The van der Waals surface area contributed by atoms with Gasteiger partial charge in [0.15, 0.2) is 0 Å². The number of hydrogen-bond acceptors (Lipinski definition) is 3. The summed E-state index contributed by atoms with van der Waals surface area (Å²) in [5.41, 5.74) is 0.602. The van der Waals surface area contributed by atoms with Crippen molar-refractivity contribution in [2.24, 2.45) is 0 Å². The fourth-order valence-electron chi connectivity index (χ4n) is 0.679. The number of rotatable bonds is 2. The molecule has 1 aromatic heterocycles. The zero-order chi connectivity index (χ0) is 8.97. The topological polar surface area (TPSA) is 70.4 Å². The van der Waals surface area contributed by atoms with E-state index in [1.54, 1.807) is 12.1 Å². The third-order valence-corrected chi connectivity index (χ3v) is 1.23. The summed E-state index contributed by atoms with van der Waals surface area (Å²) in [6, 6.07) is 3.19. The molecule has 0 radical (unpaired) electrons. The van der Waals surface area contributed by atoms with Crippen molar-refractivity contribution in [2.75, 3.05) is 0 Å². The van der Waals surface area contributed by atoms with Crippen LogP contribution in [0.1, 0.15) is 5.56 Å². The van der Waals surface area contributed by atoms with Gasteiger partial charge in [-0.15, -0.1) is 0 Å². The Morgan fingerprint density at radius 1 is 1.33 bits per heavy atom. The van der Waals surface area contributed by atoms with Gasteiger partial charge in [0.05, 0.1) is 0 Å². The molecule has 0 aliphatic heterocycles. The zero-order valence-electron chi connectivity index (χ0n) is 6.14. The van der Waals surface area contributed by atoms with Gasteiger partial charge in [0.1, 0.15) is 0 Å². The Balaban J connectivity index is 2.89. The van der Waals surface area contributed by atoms with Crippen LogP contribution in [0.25, 0.3) is 6.08 Å². The highest BCUT2D eigenvalue weighted by atomic mass is 16.4. The summed E-state index contributed by atoms with van der Waals surface area (Å²) in [5, 5.41) is 17.1. The number of carboxylic acids is 1. The van der Waals surface area contributed by atoms with E-state index in [1.165, 1.54) is 12.4 Å². The number of pyridine rings is 1. The van der Waals surface area contributed by atoms with Crippen molar-refractivity contribution in [1.82, 2.24) is 4.98 Å². The minimum atomic E-state index is -1.34. The van der Waals surface area contributed by atoms with Crippen LogP contribution in [0.3, 0.4) is 0 Å². The third kappa shape index (κ3) is 2.09. The van der Waals surface area contributed by atoms with Crippen LogP contribution >= 0.6 is 0 Å². The molecular weight excluding hydrogens is 158 g/mol. The Kier molecular flexibility index (Phi) is 2.42. The van der Waals surface area contributed by atoms with E-state index < -0.39 is 11.7 Å². The predicted molar refractivity (Wildman–Crippen MR) is 42.5 cm³/mol. The van der Waals surface area contributed by atoms with Crippen molar-refractivity contribution in [3.8, 4) is 0 Å². The number of carboxylic acid groups (broad SMARTS) is 1. The van der Waals surface area contributed by atoms with Crippen LogP contribution in [0.4, 0.5) is 0 Å². The van der Waals surface area contributed by atoms with Gasteiger partial charge in [0.25, 0.3) is 0 Å². The van der Waals surface area contributed by atoms with Gasteiger partial charge < -0.3 is 10.2 Å². The zero-order valence-corrected chi connectivity index (χ0v) is 6.14. The Morgan fingerprint density at radius 3 is 2.42 bits per heavy atom. The monoisotopic (exact) mass is 165 g/mol. The average Bonchev–Trinajstić information content (AvgIpc) is 2.06. The molecule has 0 atom stereocenters. The molecule has 2 N–H and O–H groups in total. The van der Waals surface area contributed by atoms with Crippen molar-refractivity contribution >= 4 is 12.0 Å². The maximum absolute atomic E-state index is 10.2. The van der Waals surface area contributed by atoms with Gasteiger partial charge in [-0.2, -0.15) is 0 Å². The molecule has 0 fully saturated rings. The highest BCUT2D eigenvalue weighted by Gasteiger charge is 2.02. The summed E-state index contributed by atoms with van der Waals surface area (Å²) < 4.78 is 0. The van der Waals surface area contributed by atoms with Crippen molar-refractivity contribution in [2.45, 2.75) is 0 Å². The Hall–Kier alpha value is -1.84. The number of aliphatic hydroxyl groups is 1. The maximum atomic E-state index is 10.2. The Bertz CT molecular complexity index is 305. The smallest absolute Gasteiger partial charge is 0.370 e. The molecule has 0 aliphatic rings. The third-order valence-electron chi connectivity index (χ3n) is 1.23. The second kappa shape index (κ2) is 3.52. The van der Waals surface area contributed by atoms with Crippen molar-refractivity contribution in [3.63, 3.8) is 0 Å². The first kappa shape index (κ1) is 8.26. The highest BCUT2D eigenvalue weighted by molar-refractivity contribution is 5.89. The first-order valence-corrected chi connectivity index (χ1v) is 3.24. The molecule has 0 aliphatic carbocycles. The Labute approximate surface area is 68.8 Å². The molecule has 12 heavy (non-hydrogen) atoms. The summed E-state index contributed by atoms with van der Waals surface area (Å²) in [6.07, 6.45) is 4.19. The second-order valence-electron chi connectivity index (χ2n) is 2.12. The molecule has 0 saturated carbocycles. The van der Waals surface area contributed by atoms with E-state index in [0.29, 0.717) is 5.56 Å². The molecule has 0 saturated heterocycles. The minimum Gasteiger partial charge on any atom is -0.502 e. The van der Waals surface area contributed by atoms with E-state index in [0.717, 1.165) is 6.08 Å². The largest absolute Gasteiger partial charge is 0.502 e. The van der Waals surface area contributed by atoms with E-state index in [9.17, 15) is 4.79 Å². The van der Waals surface area contributed by atoms with Crippen LogP contribution in [0, 0.1) is 0 Å². The lowest BCUT2D eigenvalue weighted by molar-refractivity contribution is -0.135. The molecule has 0 unspecified atom stereocenters. The Morgan fingerprint density at radius 2 is 1.92 bits per heavy atom. The van der Waals surface area contributed by atoms with E-state index in [4.69, 9.17) is 10.2 Å². The average molecular weight is 165 g/mol. The highest BCUT2D eigenvalue weighted by Crippen LogP contribution is 2.02. The van der Waals surface area contributed by atoms with Crippen molar-refractivity contribution < 1.29 is 15.0 Å². The van der Waals surface area contributed by atoms with Crippen LogP contribution in [-0.4, -0.2) is 21.2 Å². The molecule has 0 amide bonds. The van der Waals surface area contributed by atoms with Gasteiger partial charge >= 0.3 is 5.97 Å².